The fraction of sp³-hybridized carbons (Fsp3) is 0.615. The molecule has 0 spiro atoms. The van der Waals surface area contributed by atoms with Crippen LogP contribution in [0.3, 0.4) is 0 Å². The normalized spacial score (nSPS) is 11.2. The highest BCUT2D eigenvalue weighted by atomic mass is 16.5. The van der Waals surface area contributed by atoms with Crippen LogP contribution in [0.25, 0.3) is 0 Å². The van der Waals surface area contributed by atoms with Crippen molar-refractivity contribution in [2.45, 2.75) is 33.3 Å². The number of nitrogens with one attached hydrogen (secondary N) is 1. The molecule has 0 unspecified atom stereocenters. The van der Waals surface area contributed by atoms with E-state index in [4.69, 9.17) is 9.26 Å². The van der Waals surface area contributed by atoms with Crippen LogP contribution in [0.2, 0.25) is 0 Å². The average molecular weight is 283 g/mol. The summed E-state index contributed by atoms with van der Waals surface area (Å²) in [6, 6.07) is 1.60. The molecule has 0 radical (unpaired) electrons. The second-order valence-corrected chi connectivity index (χ2v) is 5.52. The summed E-state index contributed by atoms with van der Waals surface area (Å²) in [7, 11) is 1.54. The third kappa shape index (κ3) is 5.83. The van der Waals surface area contributed by atoms with Crippen LogP contribution in [0.5, 0.6) is 0 Å². The number of aromatic nitrogens is 1. The summed E-state index contributed by atoms with van der Waals surface area (Å²) in [5.41, 5.74) is -0.392. The van der Waals surface area contributed by atoms with Crippen LogP contribution < -0.4 is 5.32 Å². The van der Waals surface area contributed by atoms with Crippen molar-refractivity contribution in [3.8, 4) is 0 Å². The van der Waals surface area contributed by atoms with Crippen molar-refractivity contribution in [2.75, 3.05) is 25.5 Å². The van der Waals surface area contributed by atoms with Crippen molar-refractivity contribution in [3.05, 3.63) is 11.8 Å². The maximum atomic E-state index is 11.8. The molecule has 0 aliphatic carbocycles. The van der Waals surface area contributed by atoms with E-state index in [0.717, 1.165) is 0 Å². The molecule has 1 N–H and O–H groups in total. The maximum absolute atomic E-state index is 11.8. The highest BCUT2D eigenvalue weighted by Crippen LogP contribution is 2.08. The van der Waals surface area contributed by atoms with Gasteiger partial charge in [-0.3, -0.25) is 9.59 Å². The Hall–Kier alpha value is -1.89. The first-order valence-electron chi connectivity index (χ1n) is 6.28. The Balaban J connectivity index is 2.39. The number of carbonyl (C=O) groups is 2. The number of carbonyl (C=O) groups excluding carboxylic acids is 2. The first-order chi connectivity index (χ1) is 9.17. The van der Waals surface area contributed by atoms with E-state index >= 15 is 0 Å². The smallest absolute Gasteiger partial charge is 0.248 e. The molecule has 0 saturated carbocycles. The Kier molecular flexibility index (Phi) is 5.26. The van der Waals surface area contributed by atoms with Gasteiger partial charge in [0.2, 0.25) is 11.8 Å². The van der Waals surface area contributed by atoms with Crippen LogP contribution in [-0.4, -0.2) is 47.7 Å². The molecular formula is C13H21N3O4. The first-order valence-corrected chi connectivity index (χ1v) is 6.28. The summed E-state index contributed by atoms with van der Waals surface area (Å²) in [6.45, 7) is 7.18. The Bertz CT molecular complexity index is 476. The minimum atomic E-state index is -0.392. The van der Waals surface area contributed by atoms with Gasteiger partial charge >= 0.3 is 0 Å². The van der Waals surface area contributed by atoms with Gasteiger partial charge in [-0.2, -0.15) is 0 Å². The van der Waals surface area contributed by atoms with Gasteiger partial charge in [-0.1, -0.05) is 5.16 Å². The van der Waals surface area contributed by atoms with E-state index in [9.17, 15) is 9.59 Å². The second kappa shape index (κ2) is 6.51. The minimum absolute atomic E-state index is 0.0592. The van der Waals surface area contributed by atoms with E-state index in [1.807, 2.05) is 20.8 Å². The molecular weight excluding hydrogens is 262 g/mol. The van der Waals surface area contributed by atoms with Crippen LogP contribution in [0.4, 0.5) is 5.82 Å². The molecule has 0 fully saturated rings. The summed E-state index contributed by atoms with van der Waals surface area (Å²) in [6.07, 6.45) is 0. The van der Waals surface area contributed by atoms with Crippen LogP contribution in [0.1, 0.15) is 26.5 Å². The lowest BCUT2D eigenvalue weighted by Crippen LogP contribution is -2.38. The molecule has 1 aromatic rings. The standard InChI is InChI=1S/C13H21N3O4/c1-9-6-10(15-20-9)14-11(17)7-16(5)12(18)8-19-13(2,3)4/h6H,7-8H2,1-5H3,(H,14,15,17). The van der Waals surface area contributed by atoms with Gasteiger partial charge in [0.25, 0.3) is 0 Å². The zero-order chi connectivity index (χ0) is 15.3. The molecule has 1 heterocycles. The topological polar surface area (TPSA) is 84.7 Å². The quantitative estimate of drug-likeness (QED) is 0.877. The van der Waals surface area contributed by atoms with E-state index < -0.39 is 5.60 Å². The zero-order valence-corrected chi connectivity index (χ0v) is 12.5. The first kappa shape index (κ1) is 16.2. The third-order valence-electron chi connectivity index (χ3n) is 2.33. The lowest BCUT2D eigenvalue weighted by atomic mass is 10.2. The lowest BCUT2D eigenvalue weighted by molar-refractivity contribution is -0.141. The number of amides is 2. The van der Waals surface area contributed by atoms with Gasteiger partial charge in [-0.15, -0.1) is 0 Å². The molecule has 0 aliphatic heterocycles. The molecule has 1 rings (SSSR count). The minimum Gasteiger partial charge on any atom is -0.366 e. The van der Waals surface area contributed by atoms with E-state index in [2.05, 4.69) is 10.5 Å². The summed E-state index contributed by atoms with van der Waals surface area (Å²) >= 11 is 0. The highest BCUT2D eigenvalue weighted by molar-refractivity contribution is 5.93. The molecule has 0 bridgehead atoms. The monoisotopic (exact) mass is 283 g/mol. The van der Waals surface area contributed by atoms with Crippen molar-refractivity contribution in [1.29, 1.82) is 0 Å². The predicted molar refractivity (Wildman–Crippen MR) is 73.2 cm³/mol. The van der Waals surface area contributed by atoms with Crippen molar-refractivity contribution in [2.24, 2.45) is 0 Å². The van der Waals surface area contributed by atoms with Crippen molar-refractivity contribution >= 4 is 17.6 Å². The lowest BCUT2D eigenvalue weighted by Gasteiger charge is -2.22. The molecule has 1 aromatic heterocycles. The number of hydrogen-bond donors (Lipinski definition) is 1. The SMILES string of the molecule is Cc1cc(NC(=O)CN(C)C(=O)COC(C)(C)C)no1. The molecule has 0 saturated heterocycles. The number of rotatable bonds is 5. The largest absolute Gasteiger partial charge is 0.366 e. The Labute approximate surface area is 118 Å². The van der Waals surface area contributed by atoms with E-state index in [1.54, 1.807) is 20.0 Å². The number of likely N-dealkylation sites (N-methyl/N-ethyl adjacent to an activating group) is 1. The van der Waals surface area contributed by atoms with Crippen LogP contribution in [0.15, 0.2) is 10.6 Å². The summed E-state index contributed by atoms with van der Waals surface area (Å²) in [4.78, 5) is 24.8. The highest BCUT2D eigenvalue weighted by Gasteiger charge is 2.17. The summed E-state index contributed by atoms with van der Waals surface area (Å²) in [5, 5.41) is 6.18. The average Bonchev–Trinajstić information content (AvgIpc) is 2.70. The molecule has 0 aromatic carbocycles. The molecule has 0 aliphatic rings. The Morgan fingerprint density at radius 2 is 2.10 bits per heavy atom. The number of aryl methyl sites for hydroxylation is 1. The molecule has 7 heteroatoms. The summed E-state index contributed by atoms with van der Waals surface area (Å²) < 4.78 is 10.2. The molecule has 20 heavy (non-hydrogen) atoms. The number of ether oxygens (including phenoxy) is 1. The van der Waals surface area contributed by atoms with Crippen molar-refractivity contribution in [1.82, 2.24) is 10.1 Å². The fourth-order valence-corrected chi connectivity index (χ4v) is 1.30. The maximum Gasteiger partial charge on any atom is 0.248 e. The van der Waals surface area contributed by atoms with Gasteiger partial charge in [-0.25, -0.2) is 0 Å². The second-order valence-electron chi connectivity index (χ2n) is 5.52. The van der Waals surface area contributed by atoms with Gasteiger partial charge in [0, 0.05) is 13.1 Å². The molecule has 0 atom stereocenters. The Morgan fingerprint density at radius 3 is 2.60 bits per heavy atom. The number of nitrogens with zero attached hydrogens (tertiary/aromatic N) is 2. The van der Waals surface area contributed by atoms with E-state index in [1.165, 1.54) is 4.90 Å². The zero-order valence-electron chi connectivity index (χ0n) is 12.5. The molecule has 2 amide bonds. The van der Waals surface area contributed by atoms with Gasteiger partial charge in [0.05, 0.1) is 12.1 Å². The van der Waals surface area contributed by atoms with Gasteiger partial charge in [0.15, 0.2) is 5.82 Å². The van der Waals surface area contributed by atoms with Crippen molar-refractivity contribution in [3.63, 3.8) is 0 Å². The van der Waals surface area contributed by atoms with Gasteiger partial charge < -0.3 is 19.5 Å². The van der Waals surface area contributed by atoms with Crippen LogP contribution >= 0.6 is 0 Å². The van der Waals surface area contributed by atoms with Crippen LogP contribution in [0, 0.1) is 6.92 Å². The van der Waals surface area contributed by atoms with Gasteiger partial charge in [0.1, 0.15) is 12.4 Å². The Morgan fingerprint density at radius 1 is 1.45 bits per heavy atom. The third-order valence-corrected chi connectivity index (χ3v) is 2.33. The number of anilines is 1. The fourth-order valence-electron chi connectivity index (χ4n) is 1.30. The molecule has 7 nitrogen and oxygen atoms in total. The van der Waals surface area contributed by atoms with Gasteiger partial charge in [-0.05, 0) is 27.7 Å². The molecule has 112 valence electrons. The summed E-state index contributed by atoms with van der Waals surface area (Å²) in [5.74, 6) is 0.332. The van der Waals surface area contributed by atoms with E-state index in [0.29, 0.717) is 11.6 Å². The van der Waals surface area contributed by atoms with E-state index in [-0.39, 0.29) is 25.0 Å². The predicted octanol–water partition coefficient (Wildman–Crippen LogP) is 1.20. The number of hydrogen-bond acceptors (Lipinski definition) is 5. The van der Waals surface area contributed by atoms with Crippen LogP contribution in [-0.2, 0) is 14.3 Å². The van der Waals surface area contributed by atoms with Crippen molar-refractivity contribution < 1.29 is 18.8 Å².